The van der Waals surface area contributed by atoms with Crippen molar-refractivity contribution in [1.29, 1.82) is 0 Å². The predicted octanol–water partition coefficient (Wildman–Crippen LogP) is 5.28. The molecule has 8 nitrogen and oxygen atoms in total. The Labute approximate surface area is 199 Å². The maximum Gasteiger partial charge on any atom is 0.408 e. The van der Waals surface area contributed by atoms with Crippen LogP contribution < -0.4 is 16.4 Å². The quantitative estimate of drug-likeness (QED) is 0.356. The van der Waals surface area contributed by atoms with Crippen LogP contribution in [0.5, 0.6) is 0 Å². The molecule has 1 aromatic carbocycles. The molecule has 33 heavy (non-hydrogen) atoms. The number of hydrogen-bond donors (Lipinski definition) is 3. The summed E-state index contributed by atoms with van der Waals surface area (Å²) in [6, 6.07) is 6.22. The molecular weight excluding hydrogens is 442 g/mol. The van der Waals surface area contributed by atoms with Crippen molar-refractivity contribution >= 4 is 35.0 Å². The number of anilines is 2. The van der Waals surface area contributed by atoms with Crippen molar-refractivity contribution in [2.75, 3.05) is 11.1 Å². The summed E-state index contributed by atoms with van der Waals surface area (Å²) in [5.41, 5.74) is 7.78. The number of nitrogen functional groups attached to an aromatic ring is 1. The Balaban J connectivity index is 2.46. The molecule has 2 rings (SSSR count). The van der Waals surface area contributed by atoms with Crippen molar-refractivity contribution in [3.63, 3.8) is 0 Å². The summed E-state index contributed by atoms with van der Waals surface area (Å²) >= 11 is 6.34. The first kappa shape index (κ1) is 25.9. The van der Waals surface area contributed by atoms with Gasteiger partial charge in [0.05, 0.1) is 23.3 Å². The van der Waals surface area contributed by atoms with Gasteiger partial charge in [-0.05, 0) is 51.5 Å². The molecule has 0 aliphatic heterocycles. The Morgan fingerprint density at radius 1 is 1.24 bits per heavy atom. The smallest absolute Gasteiger partial charge is 0.408 e. The number of alkyl carbamates (subject to hydrolysis) is 1. The van der Waals surface area contributed by atoms with Gasteiger partial charge in [-0.2, -0.15) is 0 Å². The summed E-state index contributed by atoms with van der Waals surface area (Å²) in [5, 5.41) is 14.0. The highest BCUT2D eigenvalue weighted by molar-refractivity contribution is 6.30. The third-order valence-corrected chi connectivity index (χ3v) is 4.88. The second-order valence-electron chi connectivity index (χ2n) is 8.52. The zero-order valence-corrected chi connectivity index (χ0v) is 20.1. The van der Waals surface area contributed by atoms with E-state index in [4.69, 9.17) is 22.1 Å². The fourth-order valence-corrected chi connectivity index (χ4v) is 3.11. The molecular formula is C24H30ClN5O3. The lowest BCUT2D eigenvalue weighted by atomic mass is 10.0. The minimum atomic E-state index is -0.659. The molecule has 1 heterocycles. The van der Waals surface area contributed by atoms with E-state index in [1.807, 2.05) is 0 Å². The second-order valence-corrected chi connectivity index (χ2v) is 8.88. The van der Waals surface area contributed by atoms with Crippen molar-refractivity contribution in [2.24, 2.45) is 5.92 Å². The van der Waals surface area contributed by atoms with Gasteiger partial charge in [0.1, 0.15) is 5.60 Å². The van der Waals surface area contributed by atoms with Gasteiger partial charge in [0.15, 0.2) is 5.15 Å². The van der Waals surface area contributed by atoms with Gasteiger partial charge in [0.2, 0.25) is 5.91 Å². The first-order valence-corrected chi connectivity index (χ1v) is 10.8. The molecule has 1 aromatic heterocycles. The van der Waals surface area contributed by atoms with E-state index < -0.39 is 23.7 Å². The van der Waals surface area contributed by atoms with Crippen molar-refractivity contribution in [2.45, 2.75) is 45.8 Å². The lowest BCUT2D eigenvalue weighted by Gasteiger charge is -2.24. The molecule has 0 spiro atoms. The number of amides is 2. The number of rotatable bonds is 8. The van der Waals surface area contributed by atoms with Gasteiger partial charge in [-0.15, -0.1) is 23.4 Å². The SMILES string of the molecule is C=CC[C@H](NC(=O)OC(C)(C)C)c1cc(-c2ccc(N)cc2NC(=O)C(C)C=C)nnc1Cl. The molecule has 0 radical (unpaired) electrons. The first-order chi connectivity index (χ1) is 15.4. The number of nitrogens with zero attached hydrogens (tertiary/aromatic N) is 2. The maximum absolute atomic E-state index is 12.4. The fraction of sp³-hybridized carbons (Fsp3) is 0.333. The predicted molar refractivity (Wildman–Crippen MR) is 132 cm³/mol. The van der Waals surface area contributed by atoms with E-state index in [2.05, 4.69) is 34.0 Å². The Morgan fingerprint density at radius 3 is 2.55 bits per heavy atom. The number of halogens is 1. The summed E-state index contributed by atoms with van der Waals surface area (Å²) in [6.45, 7) is 14.5. The normalized spacial score (nSPS) is 12.9. The summed E-state index contributed by atoms with van der Waals surface area (Å²) < 4.78 is 5.37. The van der Waals surface area contributed by atoms with E-state index in [1.54, 1.807) is 64.1 Å². The standard InChI is InChI=1S/C24H30ClN5O3/c1-7-9-18(28-23(32)33-24(4,5)6)17-13-20(29-30-21(17)25)16-11-10-15(26)12-19(16)27-22(31)14(3)8-2/h7-8,10-14,18H,1-2,9,26H2,3-6H3,(H,27,31)(H,28,32)/t14?,18-/m0/s1. The molecule has 4 N–H and O–H groups in total. The van der Waals surface area contributed by atoms with E-state index in [0.29, 0.717) is 34.6 Å². The van der Waals surface area contributed by atoms with Crippen LogP contribution >= 0.6 is 11.6 Å². The van der Waals surface area contributed by atoms with Crippen molar-refractivity contribution in [1.82, 2.24) is 15.5 Å². The highest BCUT2D eigenvalue weighted by Crippen LogP contribution is 2.33. The van der Waals surface area contributed by atoms with Crippen molar-refractivity contribution in [3.05, 3.63) is 60.3 Å². The Kier molecular flexibility index (Phi) is 8.59. The van der Waals surface area contributed by atoms with E-state index in [0.717, 1.165) is 0 Å². The van der Waals surface area contributed by atoms with Crippen LogP contribution in [0.15, 0.2) is 49.6 Å². The van der Waals surface area contributed by atoms with Crippen molar-refractivity contribution in [3.8, 4) is 11.3 Å². The van der Waals surface area contributed by atoms with Crippen LogP contribution in [0.25, 0.3) is 11.3 Å². The summed E-state index contributed by atoms with van der Waals surface area (Å²) in [6.07, 6.45) is 2.99. The van der Waals surface area contributed by atoms with E-state index in [1.165, 1.54) is 0 Å². The van der Waals surface area contributed by atoms with E-state index in [9.17, 15) is 9.59 Å². The molecule has 2 atom stereocenters. The van der Waals surface area contributed by atoms with Gasteiger partial charge in [-0.25, -0.2) is 4.79 Å². The number of ether oxygens (including phenoxy) is 1. The van der Waals surface area contributed by atoms with Crippen molar-refractivity contribution < 1.29 is 14.3 Å². The number of nitrogens with one attached hydrogen (secondary N) is 2. The highest BCUT2D eigenvalue weighted by Gasteiger charge is 2.23. The lowest BCUT2D eigenvalue weighted by Crippen LogP contribution is -2.35. The monoisotopic (exact) mass is 471 g/mol. The number of carbonyl (C=O) groups excluding carboxylic acids is 2. The molecule has 0 bridgehead atoms. The number of hydrogen-bond acceptors (Lipinski definition) is 6. The first-order valence-electron chi connectivity index (χ1n) is 10.4. The molecule has 0 aliphatic carbocycles. The molecule has 0 saturated carbocycles. The molecule has 176 valence electrons. The highest BCUT2D eigenvalue weighted by atomic mass is 35.5. The average Bonchev–Trinajstić information content (AvgIpc) is 2.72. The van der Waals surface area contributed by atoms with Gasteiger partial charge >= 0.3 is 6.09 Å². The largest absolute Gasteiger partial charge is 0.444 e. The average molecular weight is 472 g/mol. The Bertz CT molecular complexity index is 1050. The van der Waals surface area contributed by atoms with Crippen LogP contribution in [0.1, 0.15) is 45.7 Å². The summed E-state index contributed by atoms with van der Waals surface area (Å²) in [4.78, 5) is 24.8. The topological polar surface area (TPSA) is 119 Å². The number of benzene rings is 1. The molecule has 0 aliphatic rings. The molecule has 2 amide bonds. The van der Waals surface area contributed by atoms with Gasteiger partial charge in [-0.3, -0.25) is 4.79 Å². The fourth-order valence-electron chi connectivity index (χ4n) is 2.89. The molecule has 1 unspecified atom stereocenters. The van der Waals surface area contributed by atoms with Gasteiger partial charge < -0.3 is 21.1 Å². The lowest BCUT2D eigenvalue weighted by molar-refractivity contribution is -0.118. The van der Waals surface area contributed by atoms with Crippen LogP contribution in [0.2, 0.25) is 5.15 Å². The zero-order valence-electron chi connectivity index (χ0n) is 19.3. The molecule has 2 aromatic rings. The van der Waals surface area contributed by atoms with Crippen LogP contribution in [0.3, 0.4) is 0 Å². The number of nitrogens with two attached hydrogens (primary N) is 1. The van der Waals surface area contributed by atoms with E-state index in [-0.39, 0.29) is 11.1 Å². The molecule has 9 heteroatoms. The van der Waals surface area contributed by atoms with Gasteiger partial charge in [0, 0.05) is 16.8 Å². The minimum Gasteiger partial charge on any atom is -0.444 e. The zero-order chi connectivity index (χ0) is 24.8. The molecule has 0 saturated heterocycles. The Hall–Kier alpha value is -3.39. The number of carbonyl (C=O) groups is 2. The van der Waals surface area contributed by atoms with Crippen LogP contribution in [0.4, 0.5) is 16.2 Å². The minimum absolute atomic E-state index is 0.128. The third kappa shape index (κ3) is 7.32. The van der Waals surface area contributed by atoms with Gasteiger partial charge in [-0.1, -0.05) is 30.7 Å². The van der Waals surface area contributed by atoms with Crippen LogP contribution in [-0.2, 0) is 9.53 Å². The maximum atomic E-state index is 12.4. The van der Waals surface area contributed by atoms with Crippen LogP contribution in [-0.4, -0.2) is 27.8 Å². The van der Waals surface area contributed by atoms with Crippen LogP contribution in [0, 0.1) is 5.92 Å². The third-order valence-electron chi connectivity index (χ3n) is 4.59. The van der Waals surface area contributed by atoms with Gasteiger partial charge in [0.25, 0.3) is 0 Å². The Morgan fingerprint density at radius 2 is 1.94 bits per heavy atom. The second kappa shape index (κ2) is 11.0. The van der Waals surface area contributed by atoms with E-state index >= 15 is 0 Å². The molecule has 0 fully saturated rings. The number of aromatic nitrogens is 2. The summed E-state index contributed by atoms with van der Waals surface area (Å²) in [5.74, 6) is -0.642. The summed E-state index contributed by atoms with van der Waals surface area (Å²) in [7, 11) is 0.